The molecule has 0 radical (unpaired) electrons. The number of hydrogen-bond acceptors (Lipinski definition) is 5. The maximum Gasteiger partial charge on any atom is 0.325 e. The number of aromatic amines is 1. The predicted molar refractivity (Wildman–Crippen MR) is 90.9 cm³/mol. The second-order valence-corrected chi connectivity index (χ2v) is 5.28. The summed E-state index contributed by atoms with van der Waals surface area (Å²) < 4.78 is 5.09. The molecule has 0 spiro atoms. The first kappa shape index (κ1) is 16.4. The van der Waals surface area contributed by atoms with E-state index in [2.05, 4.69) is 15.5 Å². The van der Waals surface area contributed by atoms with E-state index in [0.29, 0.717) is 10.8 Å². The number of ether oxygens (including phenoxy) is 1. The number of hydrogen-bond donors (Lipinski definition) is 2. The maximum atomic E-state index is 12.2. The number of rotatable bonds is 5. The fourth-order valence-electron chi connectivity index (χ4n) is 2.31. The van der Waals surface area contributed by atoms with Gasteiger partial charge in [0.15, 0.2) is 5.69 Å². The molecule has 0 saturated heterocycles. The standard InChI is InChI=1S/C18H15N3O4/c22-15(25-11-12-6-2-1-3-7-12)10-19-18(24)16-13-8-4-5-9-14(13)17(23)21-20-16/h1-9H,10-11H2,(H,19,24)(H,21,23). The Morgan fingerprint density at radius 3 is 2.44 bits per heavy atom. The first-order chi connectivity index (χ1) is 12.1. The quantitative estimate of drug-likeness (QED) is 0.685. The van der Waals surface area contributed by atoms with Gasteiger partial charge in [0.2, 0.25) is 0 Å². The molecule has 7 heteroatoms. The molecular formula is C18H15N3O4. The number of nitrogens with one attached hydrogen (secondary N) is 2. The summed E-state index contributed by atoms with van der Waals surface area (Å²) in [5, 5.41) is 9.27. The van der Waals surface area contributed by atoms with Gasteiger partial charge in [-0.25, -0.2) is 5.10 Å². The van der Waals surface area contributed by atoms with Crippen molar-refractivity contribution in [3.63, 3.8) is 0 Å². The molecule has 1 amide bonds. The van der Waals surface area contributed by atoms with Crippen molar-refractivity contribution in [2.45, 2.75) is 6.61 Å². The molecule has 1 aromatic heterocycles. The van der Waals surface area contributed by atoms with E-state index in [1.807, 2.05) is 30.3 Å². The molecule has 0 aliphatic carbocycles. The van der Waals surface area contributed by atoms with Crippen LogP contribution in [0.15, 0.2) is 59.4 Å². The summed E-state index contributed by atoms with van der Waals surface area (Å²) in [6, 6.07) is 15.9. The number of esters is 1. The first-order valence-electron chi connectivity index (χ1n) is 7.60. The van der Waals surface area contributed by atoms with Crippen LogP contribution in [0.5, 0.6) is 0 Å². The van der Waals surface area contributed by atoms with Crippen LogP contribution in [0.2, 0.25) is 0 Å². The Bertz CT molecular complexity index is 967. The Kier molecular flexibility index (Phi) is 4.84. The number of carbonyl (C=O) groups is 2. The lowest BCUT2D eigenvalue weighted by molar-refractivity contribution is -0.143. The van der Waals surface area contributed by atoms with E-state index in [1.54, 1.807) is 24.3 Å². The summed E-state index contributed by atoms with van der Waals surface area (Å²) in [4.78, 5) is 35.7. The Morgan fingerprint density at radius 1 is 1.00 bits per heavy atom. The molecule has 25 heavy (non-hydrogen) atoms. The Hall–Kier alpha value is -3.48. The van der Waals surface area contributed by atoms with Gasteiger partial charge in [-0.1, -0.05) is 48.5 Å². The summed E-state index contributed by atoms with van der Waals surface area (Å²) in [7, 11) is 0. The van der Waals surface area contributed by atoms with E-state index >= 15 is 0 Å². The normalized spacial score (nSPS) is 10.4. The van der Waals surface area contributed by atoms with E-state index < -0.39 is 11.9 Å². The van der Waals surface area contributed by atoms with Crippen LogP contribution in [-0.2, 0) is 16.1 Å². The second-order valence-electron chi connectivity index (χ2n) is 5.28. The zero-order chi connectivity index (χ0) is 17.6. The minimum Gasteiger partial charge on any atom is -0.460 e. The SMILES string of the molecule is O=C(CNC(=O)c1n[nH]c(=O)c2ccccc12)OCc1ccccc1. The van der Waals surface area contributed by atoms with Crippen molar-refractivity contribution in [1.82, 2.24) is 15.5 Å². The Labute approximate surface area is 142 Å². The minimum absolute atomic E-state index is 0.0473. The van der Waals surface area contributed by atoms with Crippen molar-refractivity contribution < 1.29 is 14.3 Å². The molecule has 126 valence electrons. The van der Waals surface area contributed by atoms with E-state index in [-0.39, 0.29) is 24.4 Å². The van der Waals surface area contributed by atoms with Crippen molar-refractivity contribution in [1.29, 1.82) is 0 Å². The molecular weight excluding hydrogens is 322 g/mol. The average molecular weight is 337 g/mol. The van der Waals surface area contributed by atoms with Gasteiger partial charge in [0.25, 0.3) is 11.5 Å². The highest BCUT2D eigenvalue weighted by Crippen LogP contribution is 2.11. The lowest BCUT2D eigenvalue weighted by Gasteiger charge is -2.07. The molecule has 0 bridgehead atoms. The van der Waals surface area contributed by atoms with Gasteiger partial charge in [-0.2, -0.15) is 5.10 Å². The second kappa shape index (κ2) is 7.39. The van der Waals surface area contributed by atoms with Crippen LogP contribution >= 0.6 is 0 Å². The summed E-state index contributed by atoms with van der Waals surface area (Å²) >= 11 is 0. The molecule has 0 aliphatic rings. The van der Waals surface area contributed by atoms with Gasteiger partial charge in [-0.15, -0.1) is 0 Å². The summed E-state index contributed by atoms with van der Waals surface area (Å²) in [6.45, 7) is -0.157. The molecule has 2 N–H and O–H groups in total. The molecule has 0 aliphatic heterocycles. The van der Waals surface area contributed by atoms with Crippen molar-refractivity contribution in [3.8, 4) is 0 Å². The third kappa shape index (κ3) is 3.89. The summed E-state index contributed by atoms with van der Waals surface area (Å²) in [5.74, 6) is -1.13. The topological polar surface area (TPSA) is 101 Å². The van der Waals surface area contributed by atoms with Gasteiger partial charge in [0.1, 0.15) is 13.2 Å². The third-order valence-corrected chi connectivity index (χ3v) is 3.55. The van der Waals surface area contributed by atoms with Crippen LogP contribution in [0.1, 0.15) is 16.1 Å². The third-order valence-electron chi connectivity index (χ3n) is 3.55. The van der Waals surface area contributed by atoms with Gasteiger partial charge in [0.05, 0.1) is 5.39 Å². The average Bonchev–Trinajstić information content (AvgIpc) is 2.66. The van der Waals surface area contributed by atoms with Crippen LogP contribution in [0.3, 0.4) is 0 Å². The Morgan fingerprint density at radius 2 is 1.68 bits per heavy atom. The number of aromatic nitrogens is 2. The monoisotopic (exact) mass is 337 g/mol. The Balaban J connectivity index is 1.62. The fraction of sp³-hybridized carbons (Fsp3) is 0.111. The highest BCUT2D eigenvalue weighted by Gasteiger charge is 2.15. The van der Waals surface area contributed by atoms with E-state index in [0.717, 1.165) is 5.56 Å². The number of nitrogens with zero attached hydrogens (tertiary/aromatic N) is 1. The fourth-order valence-corrected chi connectivity index (χ4v) is 2.31. The molecule has 0 saturated carbocycles. The van der Waals surface area contributed by atoms with Crippen LogP contribution in [0.4, 0.5) is 0 Å². The van der Waals surface area contributed by atoms with Gasteiger partial charge in [0, 0.05) is 5.39 Å². The molecule has 0 unspecified atom stereocenters. The van der Waals surface area contributed by atoms with Crippen molar-refractivity contribution >= 4 is 22.6 Å². The number of carbonyl (C=O) groups excluding carboxylic acids is 2. The largest absolute Gasteiger partial charge is 0.460 e. The molecule has 7 nitrogen and oxygen atoms in total. The zero-order valence-corrected chi connectivity index (χ0v) is 13.2. The first-order valence-corrected chi connectivity index (χ1v) is 7.60. The van der Waals surface area contributed by atoms with Crippen LogP contribution < -0.4 is 10.9 Å². The number of benzene rings is 2. The molecule has 1 heterocycles. The summed E-state index contributed by atoms with van der Waals surface area (Å²) in [6.07, 6.45) is 0. The highest BCUT2D eigenvalue weighted by molar-refractivity contribution is 6.05. The lowest BCUT2D eigenvalue weighted by Crippen LogP contribution is -2.32. The van der Waals surface area contributed by atoms with Gasteiger partial charge < -0.3 is 10.1 Å². The van der Waals surface area contributed by atoms with Crippen LogP contribution in [0, 0.1) is 0 Å². The molecule has 3 aromatic rings. The number of H-pyrrole nitrogens is 1. The van der Waals surface area contributed by atoms with Crippen LogP contribution in [-0.4, -0.2) is 28.6 Å². The van der Waals surface area contributed by atoms with Crippen molar-refractivity contribution in [2.24, 2.45) is 0 Å². The van der Waals surface area contributed by atoms with Crippen LogP contribution in [0.25, 0.3) is 10.8 Å². The van der Waals surface area contributed by atoms with Crippen molar-refractivity contribution in [2.75, 3.05) is 6.54 Å². The number of fused-ring (bicyclic) bond motifs is 1. The highest BCUT2D eigenvalue weighted by atomic mass is 16.5. The molecule has 3 rings (SSSR count). The van der Waals surface area contributed by atoms with E-state index in [9.17, 15) is 14.4 Å². The molecule has 0 atom stereocenters. The van der Waals surface area contributed by atoms with Gasteiger partial charge in [-0.3, -0.25) is 14.4 Å². The molecule has 2 aromatic carbocycles. The zero-order valence-electron chi connectivity index (χ0n) is 13.2. The van der Waals surface area contributed by atoms with Gasteiger partial charge >= 0.3 is 5.97 Å². The maximum absolute atomic E-state index is 12.2. The van der Waals surface area contributed by atoms with Gasteiger partial charge in [-0.05, 0) is 11.6 Å². The lowest BCUT2D eigenvalue weighted by atomic mass is 10.1. The molecule has 0 fully saturated rings. The van der Waals surface area contributed by atoms with E-state index in [1.165, 1.54) is 0 Å². The smallest absolute Gasteiger partial charge is 0.325 e. The minimum atomic E-state index is -0.566. The van der Waals surface area contributed by atoms with Crippen molar-refractivity contribution in [3.05, 3.63) is 76.2 Å². The predicted octanol–water partition coefficient (Wildman–Crippen LogP) is 1.40. The van der Waals surface area contributed by atoms with E-state index in [4.69, 9.17) is 4.74 Å². The summed E-state index contributed by atoms with van der Waals surface area (Å²) in [5.41, 5.74) is 0.524. The number of amides is 1.